The Balaban J connectivity index is 1.46. The molecule has 1 aromatic carbocycles. The first-order chi connectivity index (χ1) is 19.1. The molecular formula is C26H29N7O4. The van der Waals surface area contributed by atoms with Crippen molar-refractivity contribution in [3.8, 4) is 17.0 Å². The zero-order valence-corrected chi connectivity index (χ0v) is 20.2. The highest BCUT2D eigenvalue weighted by molar-refractivity contribution is 6.00. The minimum atomic E-state index is -2.74. The molecule has 11 nitrogen and oxygen atoms in total. The number of carbonyl (C=O) groups excluding carboxylic acids is 2. The SMILES string of the molecule is [2H]C([2H])([2H])NC(=O)c1nnc(NC(=O)C2CC2)cc1Nc1cccc(-c2ccc(N3CC[C@@H](O)C3)cn2)c1OC. The van der Waals surface area contributed by atoms with Gasteiger partial charge in [-0.3, -0.25) is 14.6 Å². The molecule has 1 saturated carbocycles. The number of amides is 2. The van der Waals surface area contributed by atoms with Crippen molar-refractivity contribution in [3.05, 3.63) is 48.3 Å². The molecule has 3 aromatic rings. The van der Waals surface area contributed by atoms with Crippen LogP contribution >= 0.6 is 0 Å². The van der Waals surface area contributed by atoms with Gasteiger partial charge in [-0.1, -0.05) is 6.07 Å². The van der Waals surface area contributed by atoms with Crippen LogP contribution in [-0.2, 0) is 4.79 Å². The van der Waals surface area contributed by atoms with Gasteiger partial charge in [0.15, 0.2) is 17.3 Å². The van der Waals surface area contributed by atoms with Crippen molar-refractivity contribution in [3.63, 3.8) is 0 Å². The molecule has 0 spiro atoms. The van der Waals surface area contributed by atoms with E-state index >= 15 is 0 Å². The number of carbonyl (C=O) groups is 2. The summed E-state index contributed by atoms with van der Waals surface area (Å²) in [6, 6.07) is 10.5. The molecule has 0 bridgehead atoms. The van der Waals surface area contributed by atoms with E-state index in [0.29, 0.717) is 35.7 Å². The first-order valence-corrected chi connectivity index (χ1v) is 12.0. The third-order valence-corrected chi connectivity index (χ3v) is 6.36. The normalized spacial score (nSPS) is 18.4. The molecule has 2 aromatic heterocycles. The zero-order chi connectivity index (χ0) is 28.4. The van der Waals surface area contributed by atoms with Gasteiger partial charge >= 0.3 is 0 Å². The van der Waals surface area contributed by atoms with E-state index in [9.17, 15) is 14.7 Å². The number of methoxy groups -OCH3 is 1. The fourth-order valence-corrected chi connectivity index (χ4v) is 4.26. The topological polar surface area (TPSA) is 142 Å². The Morgan fingerprint density at radius 1 is 1.16 bits per heavy atom. The van der Waals surface area contributed by atoms with Gasteiger partial charge in [0, 0.05) is 41.7 Å². The summed E-state index contributed by atoms with van der Waals surface area (Å²) in [4.78, 5) is 31.7. The molecule has 1 aliphatic carbocycles. The Bertz CT molecular complexity index is 1410. The van der Waals surface area contributed by atoms with Crippen molar-refractivity contribution in [2.24, 2.45) is 5.92 Å². The average molecular weight is 507 g/mol. The van der Waals surface area contributed by atoms with E-state index in [0.717, 1.165) is 25.1 Å². The summed E-state index contributed by atoms with van der Waals surface area (Å²) in [5.74, 6) is -0.707. The van der Waals surface area contributed by atoms with E-state index in [4.69, 9.17) is 8.85 Å². The second-order valence-electron chi connectivity index (χ2n) is 9.01. The van der Waals surface area contributed by atoms with Gasteiger partial charge in [-0.15, -0.1) is 10.2 Å². The Labute approximate surface area is 218 Å². The second kappa shape index (κ2) is 10.4. The molecule has 3 heterocycles. The quantitative estimate of drug-likeness (QED) is 0.363. The number of para-hydroxylation sites is 1. The summed E-state index contributed by atoms with van der Waals surface area (Å²) in [5.41, 5.74) is 2.50. The van der Waals surface area contributed by atoms with Crippen molar-refractivity contribution in [1.82, 2.24) is 20.5 Å². The maximum absolute atomic E-state index is 12.8. The van der Waals surface area contributed by atoms with Crippen LogP contribution in [0.3, 0.4) is 0 Å². The Kier molecular flexibility index (Phi) is 5.87. The van der Waals surface area contributed by atoms with Crippen molar-refractivity contribution in [2.75, 3.05) is 42.7 Å². The van der Waals surface area contributed by atoms with Gasteiger partial charge in [-0.25, -0.2) is 0 Å². The number of anilines is 4. The number of hydrogen-bond donors (Lipinski definition) is 4. The summed E-state index contributed by atoms with van der Waals surface area (Å²) in [6.45, 7) is -1.42. The zero-order valence-electron chi connectivity index (χ0n) is 23.2. The third-order valence-electron chi connectivity index (χ3n) is 6.36. The van der Waals surface area contributed by atoms with Crippen LogP contribution in [0.4, 0.5) is 22.9 Å². The molecule has 11 heteroatoms. The van der Waals surface area contributed by atoms with Crippen molar-refractivity contribution in [2.45, 2.75) is 25.4 Å². The number of benzene rings is 1. The molecule has 1 atom stereocenters. The van der Waals surface area contributed by atoms with Gasteiger partial charge < -0.3 is 30.7 Å². The minimum Gasteiger partial charge on any atom is -0.494 e. The number of aliphatic hydroxyl groups excluding tert-OH is 1. The average Bonchev–Trinajstić information content (AvgIpc) is 3.68. The van der Waals surface area contributed by atoms with E-state index in [-0.39, 0.29) is 35.1 Å². The molecule has 192 valence electrons. The molecule has 5 rings (SSSR count). The lowest BCUT2D eigenvalue weighted by molar-refractivity contribution is -0.117. The Morgan fingerprint density at radius 2 is 2.03 bits per heavy atom. The molecule has 1 aliphatic heterocycles. The molecular weight excluding hydrogens is 474 g/mol. The highest BCUT2D eigenvalue weighted by Gasteiger charge is 2.30. The second-order valence-corrected chi connectivity index (χ2v) is 9.01. The molecule has 2 fully saturated rings. The Hall–Kier alpha value is -4.25. The third kappa shape index (κ3) is 5.31. The van der Waals surface area contributed by atoms with Crippen LogP contribution in [0, 0.1) is 5.92 Å². The Morgan fingerprint density at radius 3 is 2.70 bits per heavy atom. The molecule has 37 heavy (non-hydrogen) atoms. The van der Waals surface area contributed by atoms with Crippen LogP contribution in [0.15, 0.2) is 42.6 Å². The van der Waals surface area contributed by atoms with Gasteiger partial charge in [0.1, 0.15) is 0 Å². The van der Waals surface area contributed by atoms with E-state index in [1.165, 1.54) is 13.2 Å². The van der Waals surface area contributed by atoms with E-state index < -0.39 is 12.9 Å². The summed E-state index contributed by atoms with van der Waals surface area (Å²) in [5, 5.41) is 25.4. The summed E-state index contributed by atoms with van der Waals surface area (Å²) < 4.78 is 27.9. The number of ether oxygens (including phenoxy) is 1. The number of nitrogens with one attached hydrogen (secondary N) is 3. The van der Waals surface area contributed by atoms with Gasteiger partial charge in [-0.2, -0.15) is 0 Å². The van der Waals surface area contributed by atoms with Gasteiger partial charge in [-0.05, 0) is 43.5 Å². The van der Waals surface area contributed by atoms with Crippen LogP contribution in [0.2, 0.25) is 0 Å². The number of pyridine rings is 1. The number of β-amino-alcohol motifs (C(OH)–C–C–N with tert-alkyl or cyclic N) is 1. The lowest BCUT2D eigenvalue weighted by atomic mass is 10.1. The molecule has 1 saturated heterocycles. The van der Waals surface area contributed by atoms with Crippen LogP contribution in [0.5, 0.6) is 5.75 Å². The first kappa shape index (κ1) is 20.9. The maximum atomic E-state index is 12.8. The van der Waals surface area contributed by atoms with Crippen LogP contribution in [0.25, 0.3) is 11.3 Å². The van der Waals surface area contributed by atoms with Gasteiger partial charge in [0.05, 0.1) is 42.2 Å². The highest BCUT2D eigenvalue weighted by Crippen LogP contribution is 2.38. The van der Waals surface area contributed by atoms with E-state index in [1.807, 2.05) is 23.5 Å². The van der Waals surface area contributed by atoms with Gasteiger partial charge in [0.25, 0.3) is 5.91 Å². The number of aliphatic hydroxyl groups is 1. The monoisotopic (exact) mass is 506 g/mol. The fraction of sp³-hybridized carbons (Fsp3) is 0.346. The number of nitrogens with zero attached hydrogens (tertiary/aromatic N) is 4. The summed E-state index contributed by atoms with van der Waals surface area (Å²) in [6.07, 6.45) is 3.70. The highest BCUT2D eigenvalue weighted by atomic mass is 16.5. The van der Waals surface area contributed by atoms with Crippen molar-refractivity contribution < 1.29 is 23.5 Å². The number of hydrogen-bond acceptors (Lipinski definition) is 9. The predicted octanol–water partition coefficient (Wildman–Crippen LogP) is 2.57. The lowest BCUT2D eigenvalue weighted by Gasteiger charge is -2.19. The van der Waals surface area contributed by atoms with Crippen molar-refractivity contribution >= 4 is 34.7 Å². The lowest BCUT2D eigenvalue weighted by Crippen LogP contribution is -2.22. The van der Waals surface area contributed by atoms with Crippen LogP contribution < -0.4 is 25.6 Å². The summed E-state index contributed by atoms with van der Waals surface area (Å²) in [7, 11) is 1.50. The molecule has 2 aliphatic rings. The first-order valence-electron chi connectivity index (χ1n) is 13.5. The summed E-state index contributed by atoms with van der Waals surface area (Å²) >= 11 is 0. The van der Waals surface area contributed by atoms with E-state index in [1.54, 1.807) is 18.3 Å². The molecule has 2 amide bonds. The minimum absolute atomic E-state index is 0.0806. The van der Waals surface area contributed by atoms with Crippen LogP contribution in [0.1, 0.15) is 33.9 Å². The van der Waals surface area contributed by atoms with E-state index in [2.05, 4.69) is 30.7 Å². The smallest absolute Gasteiger partial charge is 0.273 e. The molecule has 4 N–H and O–H groups in total. The molecule has 0 radical (unpaired) electrons. The largest absolute Gasteiger partial charge is 0.494 e. The standard InChI is InChI=1S/C26H29N7O4/c1-27-26(36)23-21(12-22(31-32-23)30-25(35)15-6-7-15)29-20-5-3-4-18(24(20)37-2)19-9-8-16(13-28-19)33-11-10-17(34)14-33/h3-5,8-9,12-13,15,17,34H,6-7,10-11,14H2,1-2H3,(H,27,36)(H2,29,30,31,35)/t17-/m1/s1/i1D3. The maximum Gasteiger partial charge on any atom is 0.273 e. The molecule has 0 unspecified atom stereocenters. The van der Waals surface area contributed by atoms with Gasteiger partial charge in [0.2, 0.25) is 5.91 Å². The predicted molar refractivity (Wildman–Crippen MR) is 139 cm³/mol. The number of rotatable bonds is 8. The number of aromatic nitrogens is 3. The van der Waals surface area contributed by atoms with Crippen molar-refractivity contribution in [1.29, 1.82) is 0 Å². The fourth-order valence-electron chi connectivity index (χ4n) is 4.26. The van der Waals surface area contributed by atoms with Crippen LogP contribution in [-0.4, -0.2) is 65.4 Å².